The topological polar surface area (TPSA) is 57.6 Å². The number of hydrogen-bond donors (Lipinski definition) is 1. The Morgan fingerprint density at radius 1 is 1.09 bits per heavy atom. The summed E-state index contributed by atoms with van der Waals surface area (Å²) in [5.41, 5.74) is 1.21. The lowest BCUT2D eigenvalue weighted by Gasteiger charge is -2.26. The van der Waals surface area contributed by atoms with Gasteiger partial charge in [-0.15, -0.1) is 0 Å². The lowest BCUT2D eigenvalue weighted by molar-refractivity contribution is -0.137. The average molecular weight is 305 g/mol. The number of carbonyl (C=O) groups excluding carboxylic acids is 1. The van der Waals surface area contributed by atoms with Gasteiger partial charge in [0.05, 0.1) is 6.04 Å². The maximum Gasteiger partial charge on any atom is 0.303 e. The molecule has 0 spiro atoms. The van der Waals surface area contributed by atoms with Crippen LogP contribution in [-0.2, 0) is 16.1 Å². The zero-order valence-electron chi connectivity index (χ0n) is 13.6. The van der Waals surface area contributed by atoms with Crippen molar-refractivity contribution in [3.05, 3.63) is 35.9 Å². The molecule has 22 heavy (non-hydrogen) atoms. The fourth-order valence-electron chi connectivity index (χ4n) is 2.68. The molecule has 1 N–H and O–H groups in total. The molecular weight excluding hydrogens is 278 g/mol. The number of carboxylic acids is 1. The van der Waals surface area contributed by atoms with Crippen molar-refractivity contribution in [2.75, 3.05) is 7.05 Å². The van der Waals surface area contributed by atoms with E-state index >= 15 is 0 Å². The molecule has 0 aliphatic carbocycles. The molecule has 4 heteroatoms. The SMILES string of the molecule is CC(=O)C(CCCCCCC(=O)O)N(C)Cc1ccccc1. The van der Waals surface area contributed by atoms with Crippen LogP contribution in [0.3, 0.4) is 0 Å². The summed E-state index contributed by atoms with van der Waals surface area (Å²) >= 11 is 0. The average Bonchev–Trinajstić information content (AvgIpc) is 2.46. The van der Waals surface area contributed by atoms with Gasteiger partial charge in [0.25, 0.3) is 0 Å². The molecule has 1 aromatic rings. The van der Waals surface area contributed by atoms with E-state index in [4.69, 9.17) is 5.11 Å². The largest absolute Gasteiger partial charge is 0.481 e. The monoisotopic (exact) mass is 305 g/mol. The van der Waals surface area contributed by atoms with E-state index in [1.165, 1.54) is 5.56 Å². The molecule has 1 aromatic carbocycles. The Morgan fingerprint density at radius 2 is 1.73 bits per heavy atom. The van der Waals surface area contributed by atoms with Crippen LogP contribution < -0.4 is 0 Å². The minimum absolute atomic E-state index is 0.0559. The van der Waals surface area contributed by atoms with Gasteiger partial charge in [-0.2, -0.15) is 0 Å². The zero-order chi connectivity index (χ0) is 16.4. The van der Waals surface area contributed by atoms with Gasteiger partial charge in [0.1, 0.15) is 5.78 Å². The van der Waals surface area contributed by atoms with Gasteiger partial charge in [-0.1, -0.05) is 49.6 Å². The van der Waals surface area contributed by atoms with Gasteiger partial charge in [0.15, 0.2) is 0 Å². The molecule has 0 aromatic heterocycles. The zero-order valence-corrected chi connectivity index (χ0v) is 13.6. The molecule has 0 saturated carbocycles. The molecule has 1 atom stereocenters. The minimum Gasteiger partial charge on any atom is -0.481 e. The highest BCUT2D eigenvalue weighted by Gasteiger charge is 2.19. The molecule has 4 nitrogen and oxygen atoms in total. The minimum atomic E-state index is -0.732. The van der Waals surface area contributed by atoms with E-state index in [2.05, 4.69) is 17.0 Å². The van der Waals surface area contributed by atoms with Crippen molar-refractivity contribution in [3.8, 4) is 0 Å². The summed E-state index contributed by atoms with van der Waals surface area (Å²) in [5.74, 6) is -0.534. The summed E-state index contributed by atoms with van der Waals surface area (Å²) in [7, 11) is 1.99. The first-order chi connectivity index (χ1) is 10.5. The number of hydrogen-bond acceptors (Lipinski definition) is 3. The molecule has 1 rings (SSSR count). The second-order valence-electron chi connectivity index (χ2n) is 5.87. The third-order valence-corrected chi connectivity index (χ3v) is 3.89. The van der Waals surface area contributed by atoms with Gasteiger partial charge >= 0.3 is 5.97 Å². The highest BCUT2D eigenvalue weighted by molar-refractivity contribution is 5.81. The van der Waals surface area contributed by atoms with Crippen LogP contribution in [0.1, 0.15) is 51.0 Å². The first kappa shape index (κ1) is 18.4. The van der Waals surface area contributed by atoms with Crippen LogP contribution in [0.5, 0.6) is 0 Å². The maximum atomic E-state index is 11.9. The first-order valence-electron chi connectivity index (χ1n) is 7.97. The number of carbonyl (C=O) groups is 2. The van der Waals surface area contributed by atoms with Crippen molar-refractivity contribution in [1.29, 1.82) is 0 Å². The fraction of sp³-hybridized carbons (Fsp3) is 0.556. The van der Waals surface area contributed by atoms with E-state index in [0.717, 1.165) is 38.6 Å². The van der Waals surface area contributed by atoms with Crippen LogP contribution in [0.15, 0.2) is 30.3 Å². The summed E-state index contributed by atoms with van der Waals surface area (Å²) < 4.78 is 0. The highest BCUT2D eigenvalue weighted by atomic mass is 16.4. The second kappa shape index (κ2) is 10.1. The highest BCUT2D eigenvalue weighted by Crippen LogP contribution is 2.14. The van der Waals surface area contributed by atoms with Gasteiger partial charge in [0.2, 0.25) is 0 Å². The first-order valence-corrected chi connectivity index (χ1v) is 7.97. The number of carboxylic acid groups (broad SMARTS) is 1. The van der Waals surface area contributed by atoms with Crippen LogP contribution in [0, 0.1) is 0 Å². The van der Waals surface area contributed by atoms with Crippen LogP contribution >= 0.6 is 0 Å². The van der Waals surface area contributed by atoms with Gasteiger partial charge in [0, 0.05) is 13.0 Å². The Kier molecular flexibility index (Phi) is 8.44. The Labute approximate surface area is 133 Å². The van der Waals surface area contributed by atoms with E-state index in [0.29, 0.717) is 0 Å². The van der Waals surface area contributed by atoms with E-state index in [1.807, 2.05) is 25.2 Å². The molecule has 0 bridgehead atoms. The van der Waals surface area contributed by atoms with E-state index in [1.54, 1.807) is 6.92 Å². The summed E-state index contributed by atoms with van der Waals surface area (Å²) in [5, 5.41) is 8.59. The second-order valence-corrected chi connectivity index (χ2v) is 5.87. The Hall–Kier alpha value is -1.68. The number of benzene rings is 1. The quantitative estimate of drug-likeness (QED) is 0.636. The lowest BCUT2D eigenvalue weighted by Crippen LogP contribution is -2.36. The van der Waals surface area contributed by atoms with E-state index < -0.39 is 5.97 Å². The maximum absolute atomic E-state index is 11.9. The molecular formula is C18H27NO3. The van der Waals surface area contributed by atoms with Crippen LogP contribution in [0.25, 0.3) is 0 Å². The van der Waals surface area contributed by atoms with Crippen LogP contribution in [0.2, 0.25) is 0 Å². The summed E-state index contributed by atoms with van der Waals surface area (Å²) in [6.45, 7) is 2.42. The summed E-state index contributed by atoms with van der Waals surface area (Å²) in [6.07, 6.45) is 4.66. The smallest absolute Gasteiger partial charge is 0.303 e. The molecule has 0 fully saturated rings. The fourth-order valence-corrected chi connectivity index (χ4v) is 2.68. The number of likely N-dealkylation sites (N-methyl/N-ethyl adjacent to an activating group) is 1. The van der Waals surface area contributed by atoms with Gasteiger partial charge in [-0.25, -0.2) is 0 Å². The van der Waals surface area contributed by atoms with Crippen molar-refractivity contribution in [2.45, 2.75) is 58.0 Å². The van der Waals surface area contributed by atoms with Crippen molar-refractivity contribution in [1.82, 2.24) is 4.90 Å². The number of ketones is 1. The Bertz CT molecular complexity index is 459. The van der Waals surface area contributed by atoms with E-state index in [-0.39, 0.29) is 18.2 Å². The normalized spacial score (nSPS) is 12.3. The van der Waals surface area contributed by atoms with Gasteiger partial charge in [-0.3, -0.25) is 14.5 Å². The predicted octanol–water partition coefficient (Wildman–Crippen LogP) is 3.50. The van der Waals surface area contributed by atoms with Crippen molar-refractivity contribution < 1.29 is 14.7 Å². The Balaban J connectivity index is 2.35. The van der Waals surface area contributed by atoms with Crippen molar-refractivity contribution >= 4 is 11.8 Å². The molecule has 0 aliphatic heterocycles. The summed E-state index contributed by atoms with van der Waals surface area (Å²) in [4.78, 5) is 24.4. The Morgan fingerprint density at radius 3 is 2.32 bits per heavy atom. The van der Waals surface area contributed by atoms with Crippen LogP contribution in [-0.4, -0.2) is 34.8 Å². The van der Waals surface area contributed by atoms with Gasteiger partial charge < -0.3 is 5.11 Å². The number of Topliss-reactive ketones (excluding diaryl/α,β-unsaturated/α-hetero) is 1. The number of rotatable bonds is 11. The lowest BCUT2D eigenvalue weighted by atomic mass is 10.0. The third kappa shape index (κ3) is 7.36. The van der Waals surface area contributed by atoms with Crippen LogP contribution in [0.4, 0.5) is 0 Å². The van der Waals surface area contributed by atoms with Crippen molar-refractivity contribution in [3.63, 3.8) is 0 Å². The number of aliphatic carboxylic acids is 1. The van der Waals surface area contributed by atoms with Crippen molar-refractivity contribution in [2.24, 2.45) is 0 Å². The molecule has 0 heterocycles. The van der Waals surface area contributed by atoms with Gasteiger partial charge in [-0.05, 0) is 32.4 Å². The molecule has 0 saturated heterocycles. The standard InChI is InChI=1S/C18H27NO3/c1-15(20)17(12-8-3-4-9-13-18(21)22)19(2)14-16-10-6-5-7-11-16/h5-7,10-11,17H,3-4,8-9,12-14H2,1-2H3,(H,21,22). The number of unbranched alkanes of at least 4 members (excludes halogenated alkanes) is 3. The van der Waals surface area contributed by atoms with E-state index in [9.17, 15) is 9.59 Å². The third-order valence-electron chi connectivity index (χ3n) is 3.89. The summed E-state index contributed by atoms with van der Waals surface area (Å²) in [6, 6.07) is 10.1. The molecule has 0 aliphatic rings. The molecule has 122 valence electrons. The molecule has 0 radical (unpaired) electrons. The number of nitrogens with zero attached hydrogens (tertiary/aromatic N) is 1. The molecule has 1 unspecified atom stereocenters. The molecule has 0 amide bonds. The predicted molar refractivity (Wildman–Crippen MR) is 87.7 cm³/mol.